The topological polar surface area (TPSA) is 37.3 Å². The zero-order chi connectivity index (χ0) is 3.58. The SMILES string of the molecule is B.CC(=O)O.[NaH].[Ni]. The van der Waals surface area contributed by atoms with Crippen molar-refractivity contribution in [2.75, 3.05) is 0 Å². The molecule has 0 unspecified atom stereocenters. The van der Waals surface area contributed by atoms with E-state index >= 15 is 0 Å². The Morgan fingerprint density at radius 1 is 1.57 bits per heavy atom. The maximum absolute atomic E-state index is 9.00. The van der Waals surface area contributed by atoms with Crippen LogP contribution >= 0.6 is 0 Å². The van der Waals surface area contributed by atoms with Gasteiger partial charge in [0.1, 0.15) is 0 Å². The Bertz CT molecular complexity index is 38.7. The van der Waals surface area contributed by atoms with Gasteiger partial charge in [0.05, 0.1) is 8.41 Å². The normalized spacial score (nSPS) is 3.57. The van der Waals surface area contributed by atoms with Crippen LogP contribution in [-0.2, 0) is 21.3 Å². The Kier molecular flexibility index (Phi) is 55.0. The molecule has 7 heavy (non-hydrogen) atoms. The van der Waals surface area contributed by atoms with Crippen LogP contribution in [0.4, 0.5) is 0 Å². The standard InChI is InChI=1S/C2H4O2.BH3.Na.Ni.H/c1-2(3)4;;;;/h1H3,(H,3,4);1H3;;;. The maximum atomic E-state index is 9.00. The van der Waals surface area contributed by atoms with E-state index in [2.05, 4.69) is 0 Å². The first-order chi connectivity index (χ1) is 1.73. The minimum absolute atomic E-state index is 0. The van der Waals surface area contributed by atoms with Crippen molar-refractivity contribution in [1.82, 2.24) is 0 Å². The van der Waals surface area contributed by atoms with E-state index in [1.807, 2.05) is 0 Å². The van der Waals surface area contributed by atoms with Gasteiger partial charge in [0.15, 0.2) is 0 Å². The molecule has 0 aliphatic carbocycles. The monoisotopic (exact) mass is 156 g/mol. The first-order valence-corrected chi connectivity index (χ1v) is 0.928. The van der Waals surface area contributed by atoms with Gasteiger partial charge in [-0.3, -0.25) is 4.79 Å². The van der Waals surface area contributed by atoms with Crippen molar-refractivity contribution >= 4 is 43.9 Å². The van der Waals surface area contributed by atoms with Crippen LogP contribution in [0.15, 0.2) is 0 Å². The van der Waals surface area contributed by atoms with Crippen molar-refractivity contribution < 1.29 is 26.4 Å². The summed E-state index contributed by atoms with van der Waals surface area (Å²) < 4.78 is 0. The number of carboxylic acids is 1. The number of hydrogen-bond acceptors (Lipinski definition) is 1. The average molecular weight is 157 g/mol. The number of carboxylic acid groups (broad SMARTS) is 1. The molecule has 0 aliphatic rings. The van der Waals surface area contributed by atoms with E-state index in [1.54, 1.807) is 0 Å². The smallest absolute Gasteiger partial charge is 0 e. The Balaban J connectivity index is -0.0000000150. The molecule has 0 aromatic carbocycles. The van der Waals surface area contributed by atoms with Gasteiger partial charge < -0.3 is 5.11 Å². The van der Waals surface area contributed by atoms with Crippen LogP contribution in [0.1, 0.15) is 6.92 Å². The molecule has 0 fully saturated rings. The fourth-order valence-electron chi connectivity index (χ4n) is 0. The minimum Gasteiger partial charge on any atom is 0 e. The average Bonchev–Trinajstić information content (AvgIpc) is 0.811. The zero-order valence-electron chi connectivity index (χ0n) is 2.67. The minimum atomic E-state index is -0.833. The molecule has 2 nitrogen and oxygen atoms in total. The van der Waals surface area contributed by atoms with Gasteiger partial charge in [-0.25, -0.2) is 0 Å². The third-order valence-corrected chi connectivity index (χ3v) is 0. The molecule has 0 aromatic rings. The van der Waals surface area contributed by atoms with Gasteiger partial charge in [0, 0.05) is 23.4 Å². The molecule has 5 heteroatoms. The number of aliphatic carboxylic acids is 1. The van der Waals surface area contributed by atoms with E-state index in [-0.39, 0.29) is 54.5 Å². The van der Waals surface area contributed by atoms with Crippen molar-refractivity contribution in [2.45, 2.75) is 6.92 Å². The van der Waals surface area contributed by atoms with Crippen LogP contribution in [-0.4, -0.2) is 49.0 Å². The second-order valence-corrected chi connectivity index (χ2v) is 0.519. The molecule has 0 radical (unpaired) electrons. The van der Waals surface area contributed by atoms with E-state index in [0.717, 1.165) is 6.92 Å². The first kappa shape index (κ1) is 24.4. The van der Waals surface area contributed by atoms with Gasteiger partial charge in [0.2, 0.25) is 0 Å². The van der Waals surface area contributed by atoms with Crippen molar-refractivity contribution in [3.8, 4) is 0 Å². The molecule has 0 atom stereocenters. The van der Waals surface area contributed by atoms with E-state index in [9.17, 15) is 0 Å². The summed E-state index contributed by atoms with van der Waals surface area (Å²) in [6.45, 7) is 1.08. The van der Waals surface area contributed by atoms with Gasteiger partial charge in [-0.1, -0.05) is 0 Å². The Labute approximate surface area is 76.8 Å². The van der Waals surface area contributed by atoms with Crippen molar-refractivity contribution in [1.29, 1.82) is 0 Å². The van der Waals surface area contributed by atoms with Gasteiger partial charge in [0.25, 0.3) is 5.97 Å². The summed E-state index contributed by atoms with van der Waals surface area (Å²) in [6.07, 6.45) is 0. The molecule has 0 spiro atoms. The molecule has 0 saturated heterocycles. The van der Waals surface area contributed by atoms with E-state index < -0.39 is 5.97 Å². The second kappa shape index (κ2) is 15.7. The van der Waals surface area contributed by atoms with Crippen LogP contribution in [0.25, 0.3) is 0 Å². The van der Waals surface area contributed by atoms with Crippen LogP contribution in [0.3, 0.4) is 0 Å². The predicted molar refractivity (Wildman–Crippen MR) is 30.4 cm³/mol. The van der Waals surface area contributed by atoms with Crippen LogP contribution in [0.2, 0.25) is 0 Å². The molecular weight excluding hydrogens is 149 g/mol. The summed E-state index contributed by atoms with van der Waals surface area (Å²) in [5.41, 5.74) is 0. The fourth-order valence-corrected chi connectivity index (χ4v) is 0. The molecule has 1 N–H and O–H groups in total. The predicted octanol–water partition coefficient (Wildman–Crippen LogP) is -1.74. The van der Waals surface area contributed by atoms with Gasteiger partial charge >= 0.3 is 29.6 Å². The van der Waals surface area contributed by atoms with E-state index in [0.29, 0.717) is 0 Å². The summed E-state index contributed by atoms with van der Waals surface area (Å²) in [7, 11) is 0. The Morgan fingerprint density at radius 2 is 1.57 bits per heavy atom. The van der Waals surface area contributed by atoms with Crippen molar-refractivity contribution in [3.05, 3.63) is 0 Å². The van der Waals surface area contributed by atoms with Crippen molar-refractivity contribution in [3.63, 3.8) is 0 Å². The Morgan fingerprint density at radius 3 is 1.57 bits per heavy atom. The van der Waals surface area contributed by atoms with Gasteiger partial charge in [-0.15, -0.1) is 0 Å². The van der Waals surface area contributed by atoms with Gasteiger partial charge in [-0.2, -0.15) is 0 Å². The molecule has 0 amide bonds. The fraction of sp³-hybridized carbons (Fsp3) is 0.500. The molecule has 0 rings (SSSR count). The number of carbonyl (C=O) groups is 1. The Hall–Kier alpha value is 1.03. The summed E-state index contributed by atoms with van der Waals surface area (Å²) >= 11 is 0. The molecular formula is C2H8BNaNiO2. The largest absolute Gasteiger partial charge is 0 e. The quantitative estimate of drug-likeness (QED) is 0.423. The second-order valence-electron chi connectivity index (χ2n) is 0.519. The number of rotatable bonds is 0. The summed E-state index contributed by atoms with van der Waals surface area (Å²) in [5, 5.41) is 7.42. The molecule has 0 aliphatic heterocycles. The van der Waals surface area contributed by atoms with Crippen LogP contribution in [0, 0.1) is 0 Å². The maximum Gasteiger partial charge on any atom is 0 e. The molecule has 0 heterocycles. The molecule has 0 aromatic heterocycles. The third-order valence-electron chi connectivity index (χ3n) is 0. The van der Waals surface area contributed by atoms with Crippen LogP contribution < -0.4 is 0 Å². The van der Waals surface area contributed by atoms with Crippen molar-refractivity contribution in [2.24, 2.45) is 0 Å². The summed E-state index contributed by atoms with van der Waals surface area (Å²) in [6, 6.07) is 0. The summed E-state index contributed by atoms with van der Waals surface area (Å²) in [4.78, 5) is 9.00. The molecule has 0 bridgehead atoms. The van der Waals surface area contributed by atoms with E-state index in [4.69, 9.17) is 9.90 Å². The van der Waals surface area contributed by atoms with Gasteiger partial charge in [-0.05, 0) is 0 Å². The van der Waals surface area contributed by atoms with Crippen LogP contribution in [0.5, 0.6) is 0 Å². The first-order valence-electron chi connectivity index (χ1n) is 0.928. The third kappa shape index (κ3) is 168. The van der Waals surface area contributed by atoms with E-state index in [1.165, 1.54) is 0 Å². The molecule has 42 valence electrons. The zero-order valence-corrected chi connectivity index (χ0v) is 3.66. The molecule has 0 saturated carbocycles. The summed E-state index contributed by atoms with van der Waals surface area (Å²) in [5.74, 6) is -0.833. The number of hydrogen-bond donors (Lipinski definition) is 1.